The van der Waals surface area contributed by atoms with Crippen molar-refractivity contribution in [3.63, 3.8) is 0 Å². The van der Waals surface area contributed by atoms with Crippen LogP contribution in [0.2, 0.25) is 0 Å². The Hall–Kier alpha value is -2.04. The SMILES string of the molecule is CC1CCC(Cn2c(=O)[nH]c3c(C(=O)O)cccc32)C1. The third-order valence-electron chi connectivity index (χ3n) is 4.28. The number of carboxylic acids is 1. The average Bonchev–Trinajstić information content (AvgIpc) is 2.94. The zero-order valence-electron chi connectivity index (χ0n) is 11.4. The van der Waals surface area contributed by atoms with Gasteiger partial charge in [0.05, 0.1) is 16.6 Å². The molecule has 0 radical (unpaired) electrons. The number of rotatable bonds is 3. The quantitative estimate of drug-likeness (QED) is 0.902. The van der Waals surface area contributed by atoms with E-state index in [1.807, 2.05) is 0 Å². The number of carboxylic acid groups (broad SMARTS) is 1. The Bertz CT molecular complexity index is 713. The highest BCUT2D eigenvalue weighted by molar-refractivity contribution is 6.00. The van der Waals surface area contributed by atoms with Crippen LogP contribution < -0.4 is 5.69 Å². The number of para-hydroxylation sites is 1. The van der Waals surface area contributed by atoms with Crippen LogP contribution in [0.25, 0.3) is 11.0 Å². The number of carbonyl (C=O) groups is 1. The minimum absolute atomic E-state index is 0.151. The Morgan fingerprint density at radius 2 is 2.25 bits per heavy atom. The predicted molar refractivity (Wildman–Crippen MR) is 76.0 cm³/mol. The molecule has 106 valence electrons. The number of hydrogen-bond donors (Lipinski definition) is 2. The van der Waals surface area contributed by atoms with Crippen LogP contribution in [0.4, 0.5) is 0 Å². The zero-order chi connectivity index (χ0) is 14.3. The summed E-state index contributed by atoms with van der Waals surface area (Å²) in [5.74, 6) is 0.212. The fourth-order valence-electron chi connectivity index (χ4n) is 3.29. The zero-order valence-corrected chi connectivity index (χ0v) is 11.4. The molecule has 0 amide bonds. The minimum Gasteiger partial charge on any atom is -0.478 e. The summed E-state index contributed by atoms with van der Waals surface area (Å²) in [7, 11) is 0. The summed E-state index contributed by atoms with van der Waals surface area (Å²) in [6, 6.07) is 5.01. The maximum Gasteiger partial charge on any atom is 0.337 e. The summed E-state index contributed by atoms with van der Waals surface area (Å²) < 4.78 is 1.68. The lowest BCUT2D eigenvalue weighted by atomic mass is 10.1. The van der Waals surface area contributed by atoms with Crippen molar-refractivity contribution >= 4 is 17.0 Å². The topological polar surface area (TPSA) is 75.1 Å². The van der Waals surface area contributed by atoms with Crippen molar-refractivity contribution in [2.75, 3.05) is 0 Å². The summed E-state index contributed by atoms with van der Waals surface area (Å²) in [5.41, 5.74) is 1.05. The molecule has 1 aromatic heterocycles. The lowest BCUT2D eigenvalue weighted by Gasteiger charge is -2.10. The average molecular weight is 274 g/mol. The number of aromatic amines is 1. The van der Waals surface area contributed by atoms with Gasteiger partial charge in [0.25, 0.3) is 0 Å². The van der Waals surface area contributed by atoms with Gasteiger partial charge < -0.3 is 10.1 Å². The normalized spacial score (nSPS) is 22.4. The second kappa shape index (κ2) is 4.81. The Labute approximate surface area is 116 Å². The van der Waals surface area contributed by atoms with E-state index in [0.29, 0.717) is 23.5 Å². The second-order valence-electron chi connectivity index (χ2n) is 5.83. The maximum absolute atomic E-state index is 12.1. The van der Waals surface area contributed by atoms with Gasteiger partial charge in [-0.3, -0.25) is 4.57 Å². The molecule has 5 heteroatoms. The number of imidazole rings is 1. The van der Waals surface area contributed by atoms with Gasteiger partial charge in [0.15, 0.2) is 0 Å². The molecule has 2 unspecified atom stereocenters. The molecular weight excluding hydrogens is 256 g/mol. The molecule has 1 aliphatic carbocycles. The van der Waals surface area contributed by atoms with Gasteiger partial charge in [0.2, 0.25) is 0 Å². The van der Waals surface area contributed by atoms with E-state index in [1.165, 1.54) is 12.5 Å². The van der Waals surface area contributed by atoms with Crippen LogP contribution >= 0.6 is 0 Å². The fraction of sp³-hybridized carbons (Fsp3) is 0.467. The van der Waals surface area contributed by atoms with Gasteiger partial charge in [-0.25, -0.2) is 9.59 Å². The van der Waals surface area contributed by atoms with Crippen LogP contribution in [0.3, 0.4) is 0 Å². The highest BCUT2D eigenvalue weighted by atomic mass is 16.4. The van der Waals surface area contributed by atoms with Crippen molar-refractivity contribution < 1.29 is 9.90 Å². The summed E-state index contributed by atoms with van der Waals surface area (Å²) in [6.07, 6.45) is 3.48. The number of fused-ring (bicyclic) bond motifs is 1. The molecule has 1 aromatic carbocycles. The molecule has 1 fully saturated rings. The third kappa shape index (κ3) is 2.13. The molecule has 2 aromatic rings. The van der Waals surface area contributed by atoms with Crippen molar-refractivity contribution in [2.24, 2.45) is 11.8 Å². The number of hydrogen-bond acceptors (Lipinski definition) is 2. The number of nitrogens with zero attached hydrogens (tertiary/aromatic N) is 1. The lowest BCUT2D eigenvalue weighted by Crippen LogP contribution is -2.20. The molecule has 0 saturated heterocycles. The van der Waals surface area contributed by atoms with Gasteiger partial charge >= 0.3 is 11.7 Å². The van der Waals surface area contributed by atoms with Crippen molar-refractivity contribution in [1.82, 2.24) is 9.55 Å². The number of benzene rings is 1. The summed E-state index contributed by atoms with van der Waals surface area (Å²) >= 11 is 0. The molecule has 20 heavy (non-hydrogen) atoms. The van der Waals surface area contributed by atoms with Crippen LogP contribution in [0, 0.1) is 11.8 Å². The molecule has 3 rings (SSSR count). The minimum atomic E-state index is -1.02. The van der Waals surface area contributed by atoms with E-state index in [4.69, 9.17) is 0 Å². The number of nitrogens with one attached hydrogen (secondary N) is 1. The Morgan fingerprint density at radius 1 is 1.45 bits per heavy atom. The van der Waals surface area contributed by atoms with Gasteiger partial charge in [0.1, 0.15) is 0 Å². The molecule has 0 bridgehead atoms. The first-order valence-corrected chi connectivity index (χ1v) is 7.01. The van der Waals surface area contributed by atoms with E-state index in [-0.39, 0.29) is 11.3 Å². The fourth-order valence-corrected chi connectivity index (χ4v) is 3.29. The van der Waals surface area contributed by atoms with E-state index < -0.39 is 5.97 Å². The summed E-state index contributed by atoms with van der Waals surface area (Å²) in [5, 5.41) is 9.17. The van der Waals surface area contributed by atoms with Crippen LogP contribution in [0.1, 0.15) is 36.5 Å². The van der Waals surface area contributed by atoms with Crippen LogP contribution in [-0.2, 0) is 6.54 Å². The smallest absolute Gasteiger partial charge is 0.337 e. The lowest BCUT2D eigenvalue weighted by molar-refractivity contribution is 0.0699. The monoisotopic (exact) mass is 274 g/mol. The maximum atomic E-state index is 12.1. The Kier molecular flexibility index (Phi) is 3.12. The highest BCUT2D eigenvalue weighted by Gasteiger charge is 2.23. The first kappa shape index (κ1) is 13.0. The van der Waals surface area contributed by atoms with Gasteiger partial charge in [-0.1, -0.05) is 19.4 Å². The number of aromatic carboxylic acids is 1. The van der Waals surface area contributed by atoms with Crippen molar-refractivity contribution in [1.29, 1.82) is 0 Å². The summed E-state index contributed by atoms with van der Waals surface area (Å²) in [6.45, 7) is 2.91. The summed E-state index contributed by atoms with van der Waals surface area (Å²) in [4.78, 5) is 26.0. The van der Waals surface area contributed by atoms with E-state index in [0.717, 1.165) is 18.8 Å². The molecule has 0 spiro atoms. The van der Waals surface area contributed by atoms with Crippen LogP contribution in [-0.4, -0.2) is 20.6 Å². The molecule has 5 nitrogen and oxygen atoms in total. The number of aromatic nitrogens is 2. The number of H-pyrrole nitrogens is 1. The molecule has 1 saturated carbocycles. The van der Waals surface area contributed by atoms with E-state index in [2.05, 4.69) is 11.9 Å². The Morgan fingerprint density at radius 3 is 2.90 bits per heavy atom. The van der Waals surface area contributed by atoms with Crippen LogP contribution in [0.15, 0.2) is 23.0 Å². The second-order valence-corrected chi connectivity index (χ2v) is 5.83. The standard InChI is InChI=1S/C15H18N2O3/c1-9-5-6-10(7-9)8-17-12-4-2-3-11(14(18)19)13(12)16-15(17)20/h2-4,9-10H,5-8H2,1H3,(H,16,20)(H,18,19). The molecule has 0 aliphatic heterocycles. The van der Waals surface area contributed by atoms with E-state index in [9.17, 15) is 14.7 Å². The molecule has 1 heterocycles. The van der Waals surface area contributed by atoms with Crippen molar-refractivity contribution in [3.8, 4) is 0 Å². The highest BCUT2D eigenvalue weighted by Crippen LogP contribution is 2.31. The molecule has 2 atom stereocenters. The van der Waals surface area contributed by atoms with Crippen LogP contribution in [0.5, 0.6) is 0 Å². The van der Waals surface area contributed by atoms with E-state index >= 15 is 0 Å². The molecular formula is C15H18N2O3. The Balaban J connectivity index is 2.03. The van der Waals surface area contributed by atoms with Gasteiger partial charge in [0, 0.05) is 6.54 Å². The first-order valence-electron chi connectivity index (χ1n) is 7.01. The van der Waals surface area contributed by atoms with Gasteiger partial charge in [-0.15, -0.1) is 0 Å². The van der Waals surface area contributed by atoms with Crippen molar-refractivity contribution in [2.45, 2.75) is 32.7 Å². The van der Waals surface area contributed by atoms with Gasteiger partial charge in [-0.2, -0.15) is 0 Å². The molecule has 2 N–H and O–H groups in total. The third-order valence-corrected chi connectivity index (χ3v) is 4.28. The largest absolute Gasteiger partial charge is 0.478 e. The molecule has 1 aliphatic rings. The van der Waals surface area contributed by atoms with Gasteiger partial charge in [-0.05, 0) is 36.8 Å². The van der Waals surface area contributed by atoms with Crippen molar-refractivity contribution in [3.05, 3.63) is 34.2 Å². The predicted octanol–water partition coefficient (Wildman–Crippen LogP) is 2.46. The van der Waals surface area contributed by atoms with E-state index in [1.54, 1.807) is 16.7 Å². The first-order chi connectivity index (χ1) is 9.56.